The Balaban J connectivity index is 1.70. The number of alkyl carbamates (subject to hydrolysis) is 1. The molecule has 3 atom stereocenters. The van der Waals surface area contributed by atoms with Crippen LogP contribution in [0.4, 0.5) is 4.79 Å². The number of benzene rings is 2. The molecule has 5 N–H and O–H groups in total. The van der Waals surface area contributed by atoms with Crippen LogP contribution >= 0.6 is 0 Å². The minimum atomic E-state index is -1.34. The molecule has 172 valence electrons. The first-order valence-corrected chi connectivity index (χ1v) is 11.3. The van der Waals surface area contributed by atoms with Crippen molar-refractivity contribution in [3.8, 4) is 0 Å². The molecular weight excluding hydrogens is 434 g/mol. The minimum Gasteiger partial charge on any atom is -0.445 e. The van der Waals surface area contributed by atoms with Gasteiger partial charge in [0.25, 0.3) is 0 Å². The predicted octanol–water partition coefficient (Wildman–Crippen LogP) is 0.832. The molecule has 2 aromatic carbocycles. The summed E-state index contributed by atoms with van der Waals surface area (Å²) in [6.45, 7) is -0.131. The molecule has 0 aliphatic heterocycles. The van der Waals surface area contributed by atoms with Crippen LogP contribution in [-0.2, 0) is 31.7 Å². The van der Waals surface area contributed by atoms with Gasteiger partial charge in [0.2, 0.25) is 11.8 Å². The van der Waals surface area contributed by atoms with Crippen molar-refractivity contribution in [1.82, 2.24) is 10.6 Å². The maximum Gasteiger partial charge on any atom is 0.407 e. The second kappa shape index (κ2) is 13.2. The lowest BCUT2D eigenvalue weighted by atomic mass is 10.2. The maximum absolute atomic E-state index is 12.3. The summed E-state index contributed by atoms with van der Waals surface area (Å²) in [4.78, 5) is 36.1. The zero-order valence-corrected chi connectivity index (χ0v) is 18.3. The topological polar surface area (TPSA) is 148 Å². The molecular formula is C22H27N3O6S. The van der Waals surface area contributed by atoms with E-state index in [2.05, 4.69) is 10.6 Å². The highest BCUT2D eigenvalue weighted by Crippen LogP contribution is 2.08. The third-order valence-corrected chi connectivity index (χ3v) is 5.80. The number of carbonyl (C=O) groups excluding carboxylic acids is 3. The number of hydrogen-bond donors (Lipinski definition) is 4. The van der Waals surface area contributed by atoms with Crippen molar-refractivity contribution in [1.29, 1.82) is 0 Å². The summed E-state index contributed by atoms with van der Waals surface area (Å²) in [5.74, 6) is -1.25. The van der Waals surface area contributed by atoms with Crippen LogP contribution in [0.25, 0.3) is 0 Å². The van der Waals surface area contributed by atoms with Crippen LogP contribution in [0.15, 0.2) is 65.6 Å². The molecule has 0 saturated heterocycles. The van der Waals surface area contributed by atoms with E-state index in [1.165, 1.54) is 0 Å². The van der Waals surface area contributed by atoms with Crippen molar-refractivity contribution < 1.29 is 28.4 Å². The Morgan fingerprint density at radius 3 is 2.28 bits per heavy atom. The number of nitrogens with one attached hydrogen (secondary N) is 2. The molecule has 9 nitrogen and oxygen atoms in total. The Bertz CT molecular complexity index is 910. The van der Waals surface area contributed by atoms with Crippen LogP contribution in [0.3, 0.4) is 0 Å². The summed E-state index contributed by atoms with van der Waals surface area (Å²) in [6, 6.07) is 16.8. The van der Waals surface area contributed by atoms with Gasteiger partial charge in [0.15, 0.2) is 0 Å². The number of carbonyl (C=O) groups is 3. The molecule has 0 fully saturated rings. The quantitative estimate of drug-likeness (QED) is 0.368. The average Bonchev–Trinajstić information content (AvgIpc) is 2.79. The number of aliphatic hydroxyl groups excluding tert-OH is 1. The van der Waals surface area contributed by atoms with E-state index in [1.54, 1.807) is 42.5 Å². The number of ether oxygens (including phenoxy) is 1. The molecule has 0 aromatic heterocycles. The summed E-state index contributed by atoms with van der Waals surface area (Å²) in [7, 11) is -1.34. The first kappa shape index (κ1) is 25.0. The van der Waals surface area contributed by atoms with Gasteiger partial charge in [0.05, 0.1) is 23.3 Å². The van der Waals surface area contributed by atoms with E-state index in [1.807, 2.05) is 18.2 Å². The van der Waals surface area contributed by atoms with Gasteiger partial charge in [0, 0.05) is 17.2 Å². The molecule has 2 rings (SSSR count). The van der Waals surface area contributed by atoms with Crippen molar-refractivity contribution in [3.05, 3.63) is 66.2 Å². The fraction of sp³-hybridized carbons (Fsp3) is 0.318. The Morgan fingerprint density at radius 2 is 1.66 bits per heavy atom. The molecule has 2 aromatic rings. The first-order chi connectivity index (χ1) is 15.3. The second-order valence-corrected chi connectivity index (χ2v) is 8.55. The second-order valence-electron chi connectivity index (χ2n) is 6.97. The first-order valence-electron chi connectivity index (χ1n) is 10.00. The van der Waals surface area contributed by atoms with Gasteiger partial charge >= 0.3 is 6.09 Å². The standard InChI is InChI=1S/C22H27N3O6S/c23-21(28)19(11-12-32(30)18-9-5-2-6-10-18)25-20(27)13-17(26)14-24-22(29)31-15-16-7-3-1-4-8-16/h1-10,17,19,26H,11-15H2,(H2,23,28)(H,24,29)(H,25,27)/t17-,19-,32-/m1/s1. The van der Waals surface area contributed by atoms with E-state index in [4.69, 9.17) is 10.5 Å². The Morgan fingerprint density at radius 1 is 1.03 bits per heavy atom. The van der Waals surface area contributed by atoms with Gasteiger partial charge < -0.3 is 26.2 Å². The Labute approximate surface area is 188 Å². The van der Waals surface area contributed by atoms with Crippen molar-refractivity contribution in [3.63, 3.8) is 0 Å². The summed E-state index contributed by atoms with van der Waals surface area (Å²) < 4.78 is 17.3. The molecule has 0 aliphatic rings. The van der Waals surface area contributed by atoms with Crippen molar-refractivity contribution in [2.24, 2.45) is 5.73 Å². The third kappa shape index (κ3) is 9.27. The van der Waals surface area contributed by atoms with Crippen LogP contribution in [0, 0.1) is 0 Å². The lowest BCUT2D eigenvalue weighted by molar-refractivity contribution is -0.128. The van der Waals surface area contributed by atoms with E-state index >= 15 is 0 Å². The third-order valence-electron chi connectivity index (χ3n) is 4.39. The van der Waals surface area contributed by atoms with E-state index < -0.39 is 40.9 Å². The summed E-state index contributed by atoms with van der Waals surface area (Å²) in [5.41, 5.74) is 6.14. The highest BCUT2D eigenvalue weighted by molar-refractivity contribution is 7.85. The van der Waals surface area contributed by atoms with Crippen LogP contribution in [0.1, 0.15) is 18.4 Å². The fourth-order valence-corrected chi connectivity index (χ4v) is 3.86. The number of hydrogen-bond acceptors (Lipinski definition) is 6. The minimum absolute atomic E-state index is 0.0773. The van der Waals surface area contributed by atoms with Crippen molar-refractivity contribution in [2.75, 3.05) is 12.3 Å². The molecule has 0 unspecified atom stereocenters. The summed E-state index contributed by atoms with van der Waals surface area (Å²) in [6.07, 6.45) is -2.19. The summed E-state index contributed by atoms with van der Waals surface area (Å²) >= 11 is 0. The SMILES string of the molecule is NC(=O)[C@@H](CC[S@@](=O)c1ccccc1)NC(=O)C[C@@H](O)CNC(=O)OCc1ccccc1. The maximum atomic E-state index is 12.3. The highest BCUT2D eigenvalue weighted by atomic mass is 32.2. The van der Waals surface area contributed by atoms with Crippen LogP contribution in [0.2, 0.25) is 0 Å². The number of primary amides is 1. The van der Waals surface area contributed by atoms with Gasteiger partial charge in [0.1, 0.15) is 12.6 Å². The van der Waals surface area contributed by atoms with Crippen LogP contribution in [0.5, 0.6) is 0 Å². The molecule has 0 bridgehead atoms. The molecule has 32 heavy (non-hydrogen) atoms. The van der Waals surface area contributed by atoms with E-state index in [9.17, 15) is 23.7 Å². The van der Waals surface area contributed by atoms with E-state index in [0.29, 0.717) is 4.90 Å². The van der Waals surface area contributed by atoms with Crippen molar-refractivity contribution in [2.45, 2.75) is 36.5 Å². The number of amides is 3. The zero-order valence-electron chi connectivity index (χ0n) is 17.4. The van der Waals surface area contributed by atoms with E-state index in [0.717, 1.165) is 5.56 Å². The molecule has 0 heterocycles. The number of aliphatic hydroxyl groups is 1. The predicted molar refractivity (Wildman–Crippen MR) is 119 cm³/mol. The van der Waals surface area contributed by atoms with Gasteiger partial charge in [-0.3, -0.25) is 13.8 Å². The van der Waals surface area contributed by atoms with Gasteiger partial charge in [-0.25, -0.2) is 4.79 Å². The molecule has 0 radical (unpaired) electrons. The smallest absolute Gasteiger partial charge is 0.407 e. The Hall–Kier alpha value is -3.24. The molecule has 0 aliphatic carbocycles. The lowest BCUT2D eigenvalue weighted by Gasteiger charge is -2.17. The fourth-order valence-electron chi connectivity index (χ4n) is 2.72. The molecule has 0 spiro atoms. The summed E-state index contributed by atoms with van der Waals surface area (Å²) in [5, 5.41) is 14.8. The van der Waals surface area contributed by atoms with Gasteiger partial charge in [-0.1, -0.05) is 48.5 Å². The monoisotopic (exact) mass is 461 g/mol. The Kier molecular flexibility index (Phi) is 10.3. The van der Waals surface area contributed by atoms with Crippen LogP contribution < -0.4 is 16.4 Å². The lowest BCUT2D eigenvalue weighted by Crippen LogP contribution is -2.46. The normalized spacial score (nSPS) is 13.4. The molecule has 3 amide bonds. The van der Waals surface area contributed by atoms with Crippen molar-refractivity contribution >= 4 is 28.7 Å². The number of nitrogens with two attached hydrogens (primary N) is 1. The highest BCUT2D eigenvalue weighted by Gasteiger charge is 2.21. The van der Waals surface area contributed by atoms with Crippen LogP contribution in [-0.4, -0.2) is 51.7 Å². The van der Waals surface area contributed by atoms with Gasteiger partial charge in [-0.2, -0.15) is 0 Å². The number of rotatable bonds is 12. The molecule has 0 saturated carbocycles. The van der Waals surface area contributed by atoms with Gasteiger partial charge in [-0.15, -0.1) is 0 Å². The largest absolute Gasteiger partial charge is 0.445 e. The zero-order chi connectivity index (χ0) is 23.3. The molecule has 10 heteroatoms. The van der Waals surface area contributed by atoms with E-state index in [-0.39, 0.29) is 31.7 Å². The van der Waals surface area contributed by atoms with Gasteiger partial charge in [-0.05, 0) is 24.1 Å². The average molecular weight is 462 g/mol.